The van der Waals surface area contributed by atoms with Crippen molar-refractivity contribution in [2.45, 2.75) is 12.7 Å². The molecule has 29 heavy (non-hydrogen) atoms. The average Bonchev–Trinajstić information content (AvgIpc) is 2.73. The van der Waals surface area contributed by atoms with Crippen molar-refractivity contribution in [3.05, 3.63) is 83.4 Å². The van der Waals surface area contributed by atoms with Crippen LogP contribution in [0.2, 0.25) is 0 Å². The number of benzene rings is 3. The first-order valence-electron chi connectivity index (χ1n) is 8.86. The molecule has 0 saturated carbocycles. The molecule has 1 amide bonds. The summed E-state index contributed by atoms with van der Waals surface area (Å²) in [5.41, 5.74) is 1.90. The molecule has 1 heterocycles. The van der Waals surface area contributed by atoms with Crippen molar-refractivity contribution in [1.82, 2.24) is 5.32 Å². The van der Waals surface area contributed by atoms with Crippen molar-refractivity contribution in [3.8, 4) is 23.0 Å². The van der Waals surface area contributed by atoms with Gasteiger partial charge in [-0.2, -0.15) is 8.78 Å². The van der Waals surface area contributed by atoms with E-state index >= 15 is 0 Å². The third-order valence-electron chi connectivity index (χ3n) is 4.60. The van der Waals surface area contributed by atoms with Gasteiger partial charge in [-0.15, -0.1) is 0 Å². The Kier molecular flexibility index (Phi) is 5.03. The molecule has 148 valence electrons. The number of halogens is 2. The Hall–Kier alpha value is -3.61. The number of hydrogen-bond acceptors (Lipinski definition) is 4. The molecule has 0 atom stereocenters. The summed E-state index contributed by atoms with van der Waals surface area (Å²) in [6, 6.07) is 18.5. The van der Waals surface area contributed by atoms with Crippen molar-refractivity contribution >= 4 is 5.91 Å². The second-order valence-electron chi connectivity index (χ2n) is 6.33. The fraction of sp³-hybridized carbons (Fsp3) is 0.136. The van der Waals surface area contributed by atoms with Gasteiger partial charge in [0.25, 0.3) is 5.91 Å². The molecule has 0 fully saturated rings. The summed E-state index contributed by atoms with van der Waals surface area (Å²) < 4.78 is 40.4. The van der Waals surface area contributed by atoms with E-state index in [0.717, 1.165) is 11.1 Å². The molecule has 0 unspecified atom stereocenters. The molecule has 0 spiro atoms. The first-order valence-corrected chi connectivity index (χ1v) is 8.86. The van der Waals surface area contributed by atoms with Crippen LogP contribution in [0, 0.1) is 0 Å². The smallest absolute Gasteiger partial charge is 0.387 e. The maximum Gasteiger partial charge on any atom is 0.387 e. The fourth-order valence-electron chi connectivity index (χ4n) is 3.28. The normalized spacial score (nSPS) is 12.6. The van der Waals surface area contributed by atoms with E-state index in [1.807, 2.05) is 48.5 Å². The van der Waals surface area contributed by atoms with E-state index in [0.29, 0.717) is 11.5 Å². The van der Waals surface area contributed by atoms with E-state index in [1.165, 1.54) is 25.3 Å². The molecule has 1 aliphatic rings. The van der Waals surface area contributed by atoms with Gasteiger partial charge in [0.05, 0.1) is 13.2 Å². The van der Waals surface area contributed by atoms with Crippen LogP contribution in [0.3, 0.4) is 0 Å². The highest BCUT2D eigenvalue weighted by atomic mass is 19.3. The summed E-state index contributed by atoms with van der Waals surface area (Å²) >= 11 is 0. The SMILES string of the molecule is COc1cc(C(=O)NC2c3ccccc3Oc3ccccc32)ccc1OC(F)F. The third-order valence-corrected chi connectivity index (χ3v) is 4.60. The number of methoxy groups -OCH3 is 1. The maximum absolute atomic E-state index is 12.9. The lowest BCUT2D eigenvalue weighted by atomic mass is 9.94. The number of fused-ring (bicyclic) bond motifs is 2. The lowest BCUT2D eigenvalue weighted by molar-refractivity contribution is -0.0512. The van der Waals surface area contributed by atoms with E-state index in [-0.39, 0.29) is 23.0 Å². The van der Waals surface area contributed by atoms with Gasteiger partial charge < -0.3 is 19.5 Å². The Bertz CT molecular complexity index is 1010. The Morgan fingerprint density at radius 1 is 0.966 bits per heavy atom. The van der Waals surface area contributed by atoms with Crippen LogP contribution >= 0.6 is 0 Å². The number of rotatable bonds is 5. The summed E-state index contributed by atoms with van der Waals surface area (Å²) in [6.45, 7) is -2.99. The predicted octanol–water partition coefficient (Wildman–Crippen LogP) is 4.92. The number of carbonyl (C=O) groups is 1. The topological polar surface area (TPSA) is 56.8 Å². The summed E-state index contributed by atoms with van der Waals surface area (Å²) in [4.78, 5) is 12.9. The standard InChI is InChI=1S/C22H17F2NO4/c1-27-19-12-13(10-11-18(19)29-22(23)24)21(26)25-20-14-6-2-4-8-16(14)28-17-9-5-3-7-15(17)20/h2-12,20,22H,1H3,(H,25,26). The molecule has 4 rings (SSSR count). The van der Waals surface area contributed by atoms with Gasteiger partial charge in [-0.3, -0.25) is 4.79 Å². The van der Waals surface area contributed by atoms with Gasteiger partial charge in [0, 0.05) is 16.7 Å². The molecule has 1 aliphatic heterocycles. The molecule has 0 aromatic heterocycles. The zero-order chi connectivity index (χ0) is 20.4. The lowest BCUT2D eigenvalue weighted by Crippen LogP contribution is -2.31. The number of nitrogens with one attached hydrogen (secondary N) is 1. The van der Waals surface area contributed by atoms with E-state index in [9.17, 15) is 13.6 Å². The fourth-order valence-corrected chi connectivity index (χ4v) is 3.28. The molecule has 0 bridgehead atoms. The van der Waals surface area contributed by atoms with Crippen molar-refractivity contribution in [1.29, 1.82) is 0 Å². The molecule has 5 nitrogen and oxygen atoms in total. The molecule has 3 aromatic rings. The highest BCUT2D eigenvalue weighted by molar-refractivity contribution is 5.95. The zero-order valence-corrected chi connectivity index (χ0v) is 15.4. The molecular formula is C22H17F2NO4. The minimum absolute atomic E-state index is 0.0470. The number of hydrogen-bond donors (Lipinski definition) is 1. The number of amides is 1. The lowest BCUT2D eigenvalue weighted by Gasteiger charge is -2.28. The van der Waals surface area contributed by atoms with Crippen LogP contribution in [-0.2, 0) is 0 Å². The Labute approximate surface area is 165 Å². The minimum atomic E-state index is -2.99. The van der Waals surface area contributed by atoms with E-state index in [4.69, 9.17) is 9.47 Å². The van der Waals surface area contributed by atoms with Crippen LogP contribution < -0.4 is 19.5 Å². The number of carbonyl (C=O) groups excluding carboxylic acids is 1. The van der Waals surface area contributed by atoms with E-state index in [1.54, 1.807) is 0 Å². The first-order chi connectivity index (χ1) is 14.1. The van der Waals surface area contributed by atoms with Gasteiger partial charge >= 0.3 is 6.61 Å². The zero-order valence-electron chi connectivity index (χ0n) is 15.4. The summed E-state index contributed by atoms with van der Waals surface area (Å²) in [6.07, 6.45) is 0. The van der Waals surface area contributed by atoms with Gasteiger partial charge in [-0.1, -0.05) is 36.4 Å². The van der Waals surface area contributed by atoms with Crippen molar-refractivity contribution in [2.24, 2.45) is 0 Å². The molecule has 0 radical (unpaired) electrons. The van der Waals surface area contributed by atoms with Crippen LogP contribution in [0.1, 0.15) is 27.5 Å². The van der Waals surface area contributed by atoms with Gasteiger partial charge in [0.1, 0.15) is 11.5 Å². The number of alkyl halides is 2. The van der Waals surface area contributed by atoms with Gasteiger partial charge in [-0.05, 0) is 30.3 Å². The van der Waals surface area contributed by atoms with E-state index in [2.05, 4.69) is 10.1 Å². The monoisotopic (exact) mass is 397 g/mol. The van der Waals surface area contributed by atoms with Gasteiger partial charge in [0.2, 0.25) is 0 Å². The van der Waals surface area contributed by atoms with Crippen LogP contribution in [0.25, 0.3) is 0 Å². The Balaban J connectivity index is 1.65. The second kappa shape index (κ2) is 7.79. The minimum Gasteiger partial charge on any atom is -0.493 e. The van der Waals surface area contributed by atoms with Crippen molar-refractivity contribution in [2.75, 3.05) is 7.11 Å². The maximum atomic E-state index is 12.9. The molecule has 7 heteroatoms. The van der Waals surface area contributed by atoms with Crippen molar-refractivity contribution in [3.63, 3.8) is 0 Å². The molecule has 1 N–H and O–H groups in total. The van der Waals surface area contributed by atoms with E-state index < -0.39 is 12.7 Å². The predicted molar refractivity (Wildman–Crippen MR) is 102 cm³/mol. The highest BCUT2D eigenvalue weighted by Crippen LogP contribution is 2.42. The number of ether oxygens (including phenoxy) is 3. The van der Waals surface area contributed by atoms with Gasteiger partial charge in [0.15, 0.2) is 11.5 Å². The Morgan fingerprint density at radius 3 is 2.17 bits per heavy atom. The van der Waals surface area contributed by atoms with Crippen LogP contribution in [0.4, 0.5) is 8.78 Å². The first kappa shape index (κ1) is 18.7. The van der Waals surface area contributed by atoms with Crippen LogP contribution in [0.5, 0.6) is 23.0 Å². The average molecular weight is 397 g/mol. The van der Waals surface area contributed by atoms with Gasteiger partial charge in [-0.25, -0.2) is 0 Å². The quantitative estimate of drug-likeness (QED) is 0.664. The second-order valence-corrected chi connectivity index (χ2v) is 6.33. The molecular weight excluding hydrogens is 380 g/mol. The summed E-state index contributed by atoms with van der Waals surface area (Å²) in [7, 11) is 1.32. The summed E-state index contributed by atoms with van der Waals surface area (Å²) in [5, 5.41) is 3.00. The van der Waals surface area contributed by atoms with Crippen LogP contribution in [-0.4, -0.2) is 19.6 Å². The largest absolute Gasteiger partial charge is 0.493 e. The Morgan fingerprint density at radius 2 is 1.59 bits per heavy atom. The molecule has 3 aromatic carbocycles. The highest BCUT2D eigenvalue weighted by Gasteiger charge is 2.28. The van der Waals surface area contributed by atoms with Crippen LogP contribution in [0.15, 0.2) is 66.7 Å². The number of para-hydroxylation sites is 2. The molecule has 0 aliphatic carbocycles. The molecule has 0 saturated heterocycles. The van der Waals surface area contributed by atoms with Crippen molar-refractivity contribution < 1.29 is 27.8 Å². The third kappa shape index (κ3) is 3.71. The summed E-state index contributed by atoms with van der Waals surface area (Å²) in [5.74, 6) is 0.847.